The average molecular weight is 161 g/mol. The van der Waals surface area contributed by atoms with Crippen molar-refractivity contribution in [3.8, 4) is 0 Å². The van der Waals surface area contributed by atoms with Gasteiger partial charge in [0.05, 0.1) is 11.6 Å². The third-order valence-corrected chi connectivity index (χ3v) is 1.59. The summed E-state index contributed by atoms with van der Waals surface area (Å²) >= 11 is 0. The number of nitrogens with zero attached hydrogens (tertiary/aromatic N) is 4. The van der Waals surface area contributed by atoms with E-state index in [9.17, 15) is 0 Å². The molecule has 0 spiro atoms. The van der Waals surface area contributed by atoms with Crippen molar-refractivity contribution in [1.82, 2.24) is 19.7 Å². The van der Waals surface area contributed by atoms with Crippen LogP contribution in [0.15, 0.2) is 19.1 Å². The molecule has 0 saturated carbocycles. The van der Waals surface area contributed by atoms with Crippen LogP contribution in [0.3, 0.4) is 0 Å². The Morgan fingerprint density at radius 1 is 1.50 bits per heavy atom. The van der Waals surface area contributed by atoms with E-state index < -0.39 is 0 Å². The third kappa shape index (κ3) is 0.763. The summed E-state index contributed by atoms with van der Waals surface area (Å²) in [6.07, 6.45) is 4.58. The van der Waals surface area contributed by atoms with E-state index in [2.05, 4.69) is 21.6 Å². The number of aromatic nitrogens is 4. The summed E-state index contributed by atoms with van der Waals surface area (Å²) in [6.45, 7) is 3.58. The highest BCUT2D eigenvalue weighted by Crippen LogP contribution is 2.14. The summed E-state index contributed by atoms with van der Waals surface area (Å²) < 4.78 is 1.55. The van der Waals surface area contributed by atoms with Gasteiger partial charge in [0.2, 0.25) is 0 Å². The monoisotopic (exact) mass is 161 g/mol. The Kier molecular flexibility index (Phi) is 1.30. The number of fused-ring (bicyclic) bond motifs is 1. The van der Waals surface area contributed by atoms with Crippen molar-refractivity contribution >= 4 is 23.1 Å². The lowest BCUT2D eigenvalue weighted by Gasteiger charge is -1.93. The molecule has 2 aromatic rings. The second-order valence-corrected chi connectivity index (χ2v) is 2.27. The molecule has 2 aromatic heterocycles. The van der Waals surface area contributed by atoms with Gasteiger partial charge >= 0.3 is 0 Å². The van der Waals surface area contributed by atoms with Crippen molar-refractivity contribution in [2.45, 2.75) is 0 Å². The SMILES string of the molecule is C=Cn1ncc2c(N)ncnc21. The maximum atomic E-state index is 5.59. The lowest BCUT2D eigenvalue weighted by Crippen LogP contribution is -1.94. The van der Waals surface area contributed by atoms with E-state index >= 15 is 0 Å². The molecule has 2 N–H and O–H groups in total. The van der Waals surface area contributed by atoms with Crippen LogP contribution in [0.4, 0.5) is 5.82 Å². The molecule has 0 aliphatic rings. The summed E-state index contributed by atoms with van der Waals surface area (Å²) in [6, 6.07) is 0. The minimum Gasteiger partial charge on any atom is -0.383 e. The fraction of sp³-hybridized carbons (Fsp3) is 0. The molecule has 0 unspecified atom stereocenters. The number of hydrogen-bond acceptors (Lipinski definition) is 4. The van der Waals surface area contributed by atoms with Gasteiger partial charge in [-0.05, 0) is 0 Å². The van der Waals surface area contributed by atoms with Crippen molar-refractivity contribution in [2.75, 3.05) is 5.73 Å². The van der Waals surface area contributed by atoms with Gasteiger partial charge in [0.25, 0.3) is 0 Å². The van der Waals surface area contributed by atoms with E-state index in [1.54, 1.807) is 17.1 Å². The average Bonchev–Trinajstić information content (AvgIpc) is 2.49. The van der Waals surface area contributed by atoms with Crippen LogP contribution in [0.1, 0.15) is 0 Å². The standard InChI is InChI=1S/C7H7N5/c1-2-12-7-5(3-11-12)6(8)9-4-10-7/h2-4H,1H2,(H2,8,9,10). The highest BCUT2D eigenvalue weighted by atomic mass is 15.3. The van der Waals surface area contributed by atoms with Crippen LogP contribution in [-0.4, -0.2) is 19.7 Å². The van der Waals surface area contributed by atoms with Crippen LogP contribution < -0.4 is 5.73 Å². The molecule has 0 amide bonds. The molecule has 0 saturated heterocycles. The summed E-state index contributed by atoms with van der Waals surface area (Å²) in [4.78, 5) is 7.84. The van der Waals surface area contributed by atoms with E-state index in [-0.39, 0.29) is 0 Å². The van der Waals surface area contributed by atoms with Crippen LogP contribution >= 0.6 is 0 Å². The molecule has 60 valence electrons. The first kappa shape index (κ1) is 6.78. The Balaban J connectivity index is 2.88. The first-order chi connectivity index (χ1) is 5.83. The Bertz CT molecular complexity index is 430. The summed E-state index contributed by atoms with van der Waals surface area (Å²) in [5.41, 5.74) is 6.26. The minimum atomic E-state index is 0.438. The molecule has 2 heterocycles. The van der Waals surface area contributed by atoms with Crippen molar-refractivity contribution in [3.05, 3.63) is 19.1 Å². The molecule has 0 aliphatic carbocycles. The van der Waals surface area contributed by atoms with E-state index in [4.69, 9.17) is 5.73 Å². The summed E-state index contributed by atoms with van der Waals surface area (Å²) in [5, 5.41) is 4.74. The Hall–Kier alpha value is -1.91. The molecule has 12 heavy (non-hydrogen) atoms. The lowest BCUT2D eigenvalue weighted by atomic mass is 10.4. The van der Waals surface area contributed by atoms with Crippen LogP contribution in [0.2, 0.25) is 0 Å². The lowest BCUT2D eigenvalue weighted by molar-refractivity contribution is 0.949. The van der Waals surface area contributed by atoms with E-state index in [1.165, 1.54) is 6.33 Å². The number of nitrogen functional groups attached to an aromatic ring is 1. The largest absolute Gasteiger partial charge is 0.383 e. The normalized spacial score (nSPS) is 10.3. The first-order valence-electron chi connectivity index (χ1n) is 3.39. The highest BCUT2D eigenvalue weighted by Gasteiger charge is 2.03. The molecule has 5 nitrogen and oxygen atoms in total. The van der Waals surface area contributed by atoms with Crippen molar-refractivity contribution in [1.29, 1.82) is 0 Å². The maximum Gasteiger partial charge on any atom is 0.167 e. The molecule has 2 rings (SSSR count). The number of nitrogens with two attached hydrogens (primary N) is 1. The van der Waals surface area contributed by atoms with Gasteiger partial charge in [-0.1, -0.05) is 6.58 Å². The summed E-state index contributed by atoms with van der Waals surface area (Å²) in [5.74, 6) is 0.438. The van der Waals surface area contributed by atoms with E-state index in [1.807, 2.05) is 0 Å². The predicted octanol–water partition coefficient (Wildman–Crippen LogP) is 0.509. The van der Waals surface area contributed by atoms with Gasteiger partial charge < -0.3 is 5.73 Å². The first-order valence-corrected chi connectivity index (χ1v) is 3.39. The Morgan fingerprint density at radius 2 is 2.33 bits per heavy atom. The molecule has 0 radical (unpaired) electrons. The molecular weight excluding hydrogens is 154 g/mol. The number of rotatable bonds is 1. The molecule has 0 fully saturated rings. The zero-order valence-electron chi connectivity index (χ0n) is 6.31. The molecule has 5 heteroatoms. The molecule has 0 aliphatic heterocycles. The van der Waals surface area contributed by atoms with Gasteiger partial charge in [-0.15, -0.1) is 0 Å². The van der Waals surface area contributed by atoms with Crippen LogP contribution in [0.25, 0.3) is 17.2 Å². The number of anilines is 1. The van der Waals surface area contributed by atoms with Gasteiger partial charge in [0.1, 0.15) is 12.1 Å². The van der Waals surface area contributed by atoms with E-state index in [0.29, 0.717) is 11.5 Å². The number of hydrogen-bond donors (Lipinski definition) is 1. The van der Waals surface area contributed by atoms with Gasteiger partial charge in [0, 0.05) is 6.20 Å². The zero-order chi connectivity index (χ0) is 8.55. The molecule has 0 aromatic carbocycles. The second kappa shape index (κ2) is 2.30. The quantitative estimate of drug-likeness (QED) is 0.661. The van der Waals surface area contributed by atoms with Crippen molar-refractivity contribution < 1.29 is 0 Å². The fourth-order valence-electron chi connectivity index (χ4n) is 1.01. The Morgan fingerprint density at radius 3 is 3.08 bits per heavy atom. The van der Waals surface area contributed by atoms with Gasteiger partial charge in [-0.2, -0.15) is 5.10 Å². The van der Waals surface area contributed by atoms with Gasteiger partial charge in [-0.3, -0.25) is 0 Å². The third-order valence-electron chi connectivity index (χ3n) is 1.59. The molecular formula is C7H7N5. The van der Waals surface area contributed by atoms with Crippen LogP contribution in [0, 0.1) is 0 Å². The van der Waals surface area contributed by atoms with E-state index in [0.717, 1.165) is 5.39 Å². The molecule has 0 bridgehead atoms. The van der Waals surface area contributed by atoms with Gasteiger partial charge in [0.15, 0.2) is 5.65 Å². The summed E-state index contributed by atoms with van der Waals surface area (Å²) in [7, 11) is 0. The van der Waals surface area contributed by atoms with Crippen molar-refractivity contribution in [2.24, 2.45) is 0 Å². The smallest absolute Gasteiger partial charge is 0.167 e. The van der Waals surface area contributed by atoms with Crippen LogP contribution in [-0.2, 0) is 0 Å². The van der Waals surface area contributed by atoms with Crippen LogP contribution in [0.5, 0.6) is 0 Å². The second-order valence-electron chi connectivity index (χ2n) is 2.27. The Labute approximate surface area is 68.5 Å². The highest BCUT2D eigenvalue weighted by molar-refractivity contribution is 5.85. The van der Waals surface area contributed by atoms with Gasteiger partial charge in [-0.25, -0.2) is 14.6 Å². The minimum absolute atomic E-state index is 0.438. The topological polar surface area (TPSA) is 69.6 Å². The van der Waals surface area contributed by atoms with Crippen molar-refractivity contribution in [3.63, 3.8) is 0 Å². The maximum absolute atomic E-state index is 5.59. The molecule has 0 atom stereocenters. The fourth-order valence-corrected chi connectivity index (χ4v) is 1.01. The zero-order valence-corrected chi connectivity index (χ0v) is 6.31. The predicted molar refractivity (Wildman–Crippen MR) is 46.1 cm³/mol.